The average molecular weight is 518 g/mol. The van der Waals surface area contributed by atoms with Crippen molar-refractivity contribution in [2.75, 3.05) is 25.5 Å². The number of halogens is 2. The van der Waals surface area contributed by atoms with E-state index in [9.17, 15) is 23.2 Å². The Morgan fingerprint density at radius 2 is 1.76 bits per heavy atom. The van der Waals surface area contributed by atoms with Crippen LogP contribution in [-0.2, 0) is 24.5 Å². The minimum Gasteiger partial charge on any atom is -0.466 e. The van der Waals surface area contributed by atoms with Gasteiger partial charge in [-0.1, -0.05) is 38.1 Å². The summed E-state index contributed by atoms with van der Waals surface area (Å²) in [5, 5.41) is 2.69. The molecule has 1 aliphatic carbocycles. The molecule has 1 aliphatic heterocycles. The lowest BCUT2D eigenvalue weighted by molar-refractivity contribution is -0.154. The van der Waals surface area contributed by atoms with Gasteiger partial charge in [-0.2, -0.15) is 8.78 Å². The van der Waals surface area contributed by atoms with Gasteiger partial charge in [0.25, 0.3) is 0 Å². The Morgan fingerprint density at radius 1 is 1.08 bits per heavy atom. The largest absolute Gasteiger partial charge is 0.466 e. The molecule has 1 saturated heterocycles. The number of aryl methyl sites for hydroxylation is 1. The molecule has 37 heavy (non-hydrogen) atoms. The number of esters is 1. The number of hydrogen-bond donors (Lipinski definition) is 1. The number of nitrogens with zero attached hydrogens (tertiary/aromatic N) is 2. The molecule has 2 aromatic rings. The highest BCUT2D eigenvalue weighted by molar-refractivity contribution is 6.02. The summed E-state index contributed by atoms with van der Waals surface area (Å²) in [6, 6.07) is 10.4. The van der Waals surface area contributed by atoms with E-state index in [4.69, 9.17) is 9.47 Å². The molecule has 2 heterocycles. The van der Waals surface area contributed by atoms with Gasteiger partial charge in [0.2, 0.25) is 17.4 Å². The highest BCUT2D eigenvalue weighted by atomic mass is 19.3. The van der Waals surface area contributed by atoms with Gasteiger partial charge in [0.15, 0.2) is 0 Å². The molecule has 0 atom stereocenters. The number of ether oxygens (including phenoxy) is 3. The van der Waals surface area contributed by atoms with Crippen LogP contribution < -0.4 is 10.1 Å². The van der Waals surface area contributed by atoms with E-state index in [0.29, 0.717) is 24.1 Å². The molecule has 4 rings (SSSR count). The number of rotatable bonds is 8. The number of carbonyl (C=O) groups is 3. The molecule has 1 saturated carbocycles. The zero-order valence-electron chi connectivity index (χ0n) is 21.0. The maximum atomic E-state index is 13.8. The second kappa shape index (κ2) is 9.95. The second-order valence-corrected chi connectivity index (χ2v) is 9.67. The number of hydrogen-bond acceptors (Lipinski definition) is 7. The van der Waals surface area contributed by atoms with Gasteiger partial charge >= 0.3 is 18.7 Å². The molecular formula is C26H29F2N3O6. The van der Waals surface area contributed by atoms with Crippen molar-refractivity contribution in [1.29, 1.82) is 0 Å². The van der Waals surface area contributed by atoms with E-state index in [-0.39, 0.29) is 24.7 Å². The second-order valence-electron chi connectivity index (χ2n) is 9.67. The summed E-state index contributed by atoms with van der Waals surface area (Å²) in [6.07, 6.45) is 0.00934. The summed E-state index contributed by atoms with van der Waals surface area (Å²) in [6.45, 7) is 2.38. The quantitative estimate of drug-likeness (QED) is 0.524. The third-order valence-corrected chi connectivity index (χ3v) is 6.71. The first-order chi connectivity index (χ1) is 17.5. The molecule has 1 aromatic heterocycles. The Hall–Kier alpha value is -3.76. The summed E-state index contributed by atoms with van der Waals surface area (Å²) < 4.78 is 40.7. The smallest absolute Gasteiger partial charge is 0.410 e. The Bertz CT molecular complexity index is 1210. The van der Waals surface area contributed by atoms with Crippen LogP contribution in [0.4, 0.5) is 19.3 Å². The Morgan fingerprint density at radius 3 is 2.35 bits per heavy atom. The predicted octanol–water partition coefficient (Wildman–Crippen LogP) is 4.15. The fourth-order valence-electron chi connectivity index (χ4n) is 4.53. The van der Waals surface area contributed by atoms with Crippen LogP contribution in [0.1, 0.15) is 49.4 Å². The molecule has 198 valence electrons. The van der Waals surface area contributed by atoms with Crippen molar-refractivity contribution >= 4 is 23.7 Å². The van der Waals surface area contributed by atoms with Crippen LogP contribution >= 0.6 is 0 Å². The standard InChI is InChI=1S/C26H29F2N3O6/c1-15(2)17-7-5-6-8-18(17)25(13-31(14-25)24(34)37-26(11-12-26)22(33)35-4)21(32)30-19-10-9-16(3)29-20(19)36-23(27)28/h5-10,15,23H,11-14H2,1-4H3,(H,30,32). The lowest BCUT2D eigenvalue weighted by Crippen LogP contribution is -2.67. The highest BCUT2D eigenvalue weighted by Crippen LogP contribution is 2.44. The topological polar surface area (TPSA) is 107 Å². The molecule has 9 nitrogen and oxygen atoms in total. The minimum atomic E-state index is -3.13. The molecule has 2 amide bonds. The Kier molecular flexibility index (Phi) is 7.07. The summed E-state index contributed by atoms with van der Waals surface area (Å²) in [5.74, 6) is -1.47. The number of alkyl halides is 2. The maximum Gasteiger partial charge on any atom is 0.410 e. The molecular weight excluding hydrogens is 488 g/mol. The first-order valence-electron chi connectivity index (χ1n) is 11.9. The van der Waals surface area contributed by atoms with Crippen molar-refractivity contribution in [3.05, 3.63) is 53.2 Å². The molecule has 2 fully saturated rings. The van der Waals surface area contributed by atoms with Gasteiger partial charge < -0.3 is 24.4 Å². The first-order valence-corrected chi connectivity index (χ1v) is 11.9. The highest BCUT2D eigenvalue weighted by Gasteiger charge is 2.59. The molecule has 1 N–H and O–H groups in total. The van der Waals surface area contributed by atoms with Crippen LogP contribution in [0.2, 0.25) is 0 Å². The van der Waals surface area contributed by atoms with E-state index < -0.39 is 41.5 Å². The third-order valence-electron chi connectivity index (χ3n) is 6.71. The SMILES string of the molecule is COC(=O)C1(OC(=O)N2CC(C(=O)Nc3ccc(C)nc3OC(F)F)(c3ccccc3C(C)C)C2)CC1. The van der Waals surface area contributed by atoms with Gasteiger partial charge in [-0.05, 0) is 36.1 Å². The minimum absolute atomic E-state index is 0.0130. The van der Waals surface area contributed by atoms with Gasteiger partial charge in [-0.25, -0.2) is 14.6 Å². The number of likely N-dealkylation sites (tertiary alicyclic amines) is 1. The van der Waals surface area contributed by atoms with Crippen molar-refractivity contribution in [2.24, 2.45) is 0 Å². The Labute approximate surface area is 213 Å². The summed E-state index contributed by atoms with van der Waals surface area (Å²) in [4.78, 5) is 44.0. The van der Waals surface area contributed by atoms with Crippen molar-refractivity contribution in [1.82, 2.24) is 9.88 Å². The average Bonchev–Trinajstić information content (AvgIpc) is 3.60. The van der Waals surface area contributed by atoms with Crippen LogP contribution in [0, 0.1) is 6.92 Å². The third kappa shape index (κ3) is 5.07. The molecule has 0 unspecified atom stereocenters. The van der Waals surface area contributed by atoms with Crippen LogP contribution in [0.15, 0.2) is 36.4 Å². The molecule has 11 heteroatoms. The van der Waals surface area contributed by atoms with E-state index in [0.717, 1.165) is 5.56 Å². The van der Waals surface area contributed by atoms with Crippen molar-refractivity contribution in [2.45, 2.75) is 57.2 Å². The Balaban J connectivity index is 1.63. The zero-order chi connectivity index (χ0) is 27.0. The van der Waals surface area contributed by atoms with E-state index in [1.54, 1.807) is 19.1 Å². The normalized spacial score (nSPS) is 17.1. The van der Waals surface area contributed by atoms with Gasteiger partial charge in [0.05, 0.1) is 7.11 Å². The monoisotopic (exact) mass is 517 g/mol. The van der Waals surface area contributed by atoms with Crippen molar-refractivity contribution < 1.29 is 37.4 Å². The summed E-state index contributed by atoms with van der Waals surface area (Å²) in [5.41, 5.74) is -0.444. The number of amides is 2. The molecule has 0 bridgehead atoms. The number of nitrogens with one attached hydrogen (secondary N) is 1. The van der Waals surface area contributed by atoms with Crippen LogP contribution in [-0.4, -0.2) is 60.3 Å². The number of pyridine rings is 1. The van der Waals surface area contributed by atoms with E-state index >= 15 is 0 Å². The first kappa shape index (κ1) is 26.3. The van der Waals surface area contributed by atoms with E-state index in [1.165, 1.54) is 18.1 Å². The van der Waals surface area contributed by atoms with Crippen molar-refractivity contribution in [3.63, 3.8) is 0 Å². The molecule has 0 spiro atoms. The zero-order valence-corrected chi connectivity index (χ0v) is 21.0. The number of anilines is 1. The predicted molar refractivity (Wildman–Crippen MR) is 128 cm³/mol. The summed E-state index contributed by atoms with van der Waals surface area (Å²) >= 11 is 0. The fourth-order valence-corrected chi connectivity index (χ4v) is 4.53. The lowest BCUT2D eigenvalue weighted by Gasteiger charge is -2.49. The van der Waals surface area contributed by atoms with E-state index in [1.807, 2.05) is 32.0 Å². The molecule has 1 aromatic carbocycles. The van der Waals surface area contributed by atoms with Crippen LogP contribution in [0.5, 0.6) is 5.88 Å². The molecule has 0 radical (unpaired) electrons. The van der Waals surface area contributed by atoms with Gasteiger partial charge in [-0.15, -0.1) is 0 Å². The molecule has 2 aliphatic rings. The number of carbonyl (C=O) groups excluding carboxylic acids is 3. The van der Waals surface area contributed by atoms with Gasteiger partial charge in [0.1, 0.15) is 11.1 Å². The van der Waals surface area contributed by atoms with Gasteiger partial charge in [-0.3, -0.25) is 4.79 Å². The number of benzene rings is 1. The number of methoxy groups -OCH3 is 1. The maximum absolute atomic E-state index is 13.8. The van der Waals surface area contributed by atoms with Crippen molar-refractivity contribution in [3.8, 4) is 5.88 Å². The summed E-state index contributed by atoms with van der Waals surface area (Å²) in [7, 11) is 1.23. The van der Waals surface area contributed by atoms with Crippen LogP contribution in [0.3, 0.4) is 0 Å². The number of aromatic nitrogens is 1. The lowest BCUT2D eigenvalue weighted by atomic mass is 9.70. The van der Waals surface area contributed by atoms with Crippen LogP contribution in [0.25, 0.3) is 0 Å². The van der Waals surface area contributed by atoms with Gasteiger partial charge in [0, 0.05) is 31.6 Å². The van der Waals surface area contributed by atoms with E-state index in [2.05, 4.69) is 15.0 Å². The fraction of sp³-hybridized carbons (Fsp3) is 0.462.